The lowest BCUT2D eigenvalue weighted by atomic mass is 10.0. The molecule has 2 N–H and O–H groups in total. The van der Waals surface area contributed by atoms with Crippen LogP contribution in [0.1, 0.15) is 18.1 Å². The molecule has 0 spiro atoms. The predicted octanol–water partition coefficient (Wildman–Crippen LogP) is 3.35. The first kappa shape index (κ1) is 15.8. The van der Waals surface area contributed by atoms with Crippen LogP contribution in [0, 0.1) is 6.92 Å². The molecule has 0 aliphatic carbocycles. The Labute approximate surface area is 138 Å². The minimum atomic E-state index is -3.60. The smallest absolute Gasteiger partial charge is 0.411 e. The maximum Gasteiger partial charge on any atom is 0.411 e. The number of benzene rings is 1. The Morgan fingerprint density at radius 1 is 1.39 bits per heavy atom. The van der Waals surface area contributed by atoms with Crippen LogP contribution in [0.3, 0.4) is 0 Å². The molecule has 1 unspecified atom stereocenters. The molecular weight excluding hydrogens is 336 g/mol. The summed E-state index contributed by atoms with van der Waals surface area (Å²) in [6.45, 7) is 3.58. The van der Waals surface area contributed by atoms with Crippen molar-refractivity contribution in [2.45, 2.75) is 30.6 Å². The molecular formula is C15H16N2O4S2. The average molecular weight is 352 g/mol. The lowest BCUT2D eigenvalue weighted by Gasteiger charge is -2.14. The van der Waals surface area contributed by atoms with E-state index in [2.05, 4.69) is 10.0 Å². The van der Waals surface area contributed by atoms with Crippen molar-refractivity contribution in [1.29, 1.82) is 0 Å². The van der Waals surface area contributed by atoms with E-state index in [1.54, 1.807) is 43.5 Å². The second-order valence-electron chi connectivity index (χ2n) is 5.41. The Balaban J connectivity index is 1.97. The Kier molecular flexibility index (Phi) is 4.03. The first-order valence-corrected chi connectivity index (χ1v) is 9.39. The van der Waals surface area contributed by atoms with Crippen LogP contribution in [0.2, 0.25) is 0 Å². The summed E-state index contributed by atoms with van der Waals surface area (Å²) < 4.78 is 32.8. The lowest BCUT2D eigenvalue weighted by molar-refractivity contribution is 0.123. The van der Waals surface area contributed by atoms with Crippen LogP contribution in [0.5, 0.6) is 0 Å². The van der Waals surface area contributed by atoms with Crippen molar-refractivity contribution in [2.75, 3.05) is 10.0 Å². The fourth-order valence-corrected chi connectivity index (χ4v) is 4.55. The molecule has 1 aliphatic rings. The van der Waals surface area contributed by atoms with Gasteiger partial charge in [-0.05, 0) is 48.6 Å². The summed E-state index contributed by atoms with van der Waals surface area (Å²) in [7, 11) is -3.60. The van der Waals surface area contributed by atoms with E-state index in [-0.39, 0.29) is 10.3 Å². The quantitative estimate of drug-likeness (QED) is 0.887. The monoisotopic (exact) mass is 352 g/mol. The molecule has 8 heteroatoms. The fourth-order valence-electron chi connectivity index (χ4n) is 2.43. The van der Waals surface area contributed by atoms with Gasteiger partial charge in [0, 0.05) is 12.1 Å². The van der Waals surface area contributed by atoms with Crippen molar-refractivity contribution in [3.8, 4) is 0 Å². The van der Waals surface area contributed by atoms with Crippen molar-refractivity contribution < 1.29 is 17.9 Å². The maximum absolute atomic E-state index is 12.4. The minimum Gasteiger partial charge on any atom is -0.446 e. The first-order chi connectivity index (χ1) is 10.8. The van der Waals surface area contributed by atoms with Crippen molar-refractivity contribution in [3.63, 3.8) is 0 Å². The van der Waals surface area contributed by atoms with Gasteiger partial charge in [0.05, 0.1) is 5.69 Å². The van der Waals surface area contributed by atoms with Gasteiger partial charge in [0.25, 0.3) is 10.0 Å². The molecule has 0 saturated heterocycles. The lowest BCUT2D eigenvalue weighted by Crippen LogP contribution is -2.17. The molecule has 1 aromatic carbocycles. The second kappa shape index (κ2) is 5.86. The number of carbonyl (C=O) groups excluding carboxylic acids is 1. The number of hydrogen-bond donors (Lipinski definition) is 2. The summed E-state index contributed by atoms with van der Waals surface area (Å²) in [6, 6.07) is 6.75. The number of cyclic esters (lactones) is 1. The molecule has 23 heavy (non-hydrogen) atoms. The third-order valence-corrected chi connectivity index (χ3v) is 6.27. The zero-order chi connectivity index (χ0) is 16.6. The summed E-state index contributed by atoms with van der Waals surface area (Å²) in [5.41, 5.74) is 2.70. The summed E-state index contributed by atoms with van der Waals surface area (Å²) >= 11 is 1.16. The Morgan fingerprint density at radius 3 is 2.87 bits per heavy atom. The molecule has 1 aromatic heterocycles. The molecule has 6 nitrogen and oxygen atoms in total. The van der Waals surface area contributed by atoms with Crippen molar-refractivity contribution in [2.24, 2.45) is 0 Å². The highest BCUT2D eigenvalue weighted by Crippen LogP contribution is 2.30. The van der Waals surface area contributed by atoms with Gasteiger partial charge in [-0.25, -0.2) is 13.2 Å². The predicted molar refractivity (Wildman–Crippen MR) is 89.6 cm³/mol. The number of anilines is 2. The zero-order valence-electron chi connectivity index (χ0n) is 12.6. The zero-order valence-corrected chi connectivity index (χ0v) is 14.3. The van der Waals surface area contributed by atoms with E-state index in [9.17, 15) is 13.2 Å². The van der Waals surface area contributed by atoms with E-state index < -0.39 is 16.1 Å². The van der Waals surface area contributed by atoms with E-state index in [1.807, 2.05) is 0 Å². The third kappa shape index (κ3) is 3.32. The van der Waals surface area contributed by atoms with Gasteiger partial charge in [-0.3, -0.25) is 10.0 Å². The summed E-state index contributed by atoms with van der Waals surface area (Å²) in [6.07, 6.45) is -0.259. The van der Waals surface area contributed by atoms with Gasteiger partial charge in [-0.2, -0.15) is 0 Å². The normalized spacial score (nSPS) is 17.7. The van der Waals surface area contributed by atoms with Crippen LogP contribution in [-0.2, 0) is 21.2 Å². The molecule has 0 radical (unpaired) electrons. The second-order valence-corrected chi connectivity index (χ2v) is 8.26. The molecule has 1 aliphatic heterocycles. The van der Waals surface area contributed by atoms with Crippen LogP contribution >= 0.6 is 11.3 Å². The Bertz CT molecular complexity index is 845. The number of aryl methyl sites for hydroxylation is 1. The molecule has 1 atom stereocenters. The van der Waals surface area contributed by atoms with E-state index in [1.165, 1.54) is 0 Å². The topological polar surface area (TPSA) is 84.5 Å². The van der Waals surface area contributed by atoms with Gasteiger partial charge in [0.15, 0.2) is 0 Å². The number of ether oxygens (including phenoxy) is 1. The van der Waals surface area contributed by atoms with E-state index in [0.717, 1.165) is 22.5 Å². The largest absolute Gasteiger partial charge is 0.446 e. The van der Waals surface area contributed by atoms with Crippen LogP contribution < -0.4 is 10.0 Å². The van der Waals surface area contributed by atoms with Gasteiger partial charge < -0.3 is 4.74 Å². The van der Waals surface area contributed by atoms with Gasteiger partial charge in [0.2, 0.25) is 0 Å². The molecule has 0 fully saturated rings. The number of carbonyl (C=O) groups is 1. The molecule has 0 bridgehead atoms. The average Bonchev–Trinajstić information content (AvgIpc) is 2.94. The Hall–Kier alpha value is -2.06. The van der Waals surface area contributed by atoms with E-state index in [0.29, 0.717) is 17.8 Å². The standard InChI is InChI=1S/C15H16N2O4S2/c1-9-6-13-11(7-10(2)21-15(18)16-13)8-12(9)17-23(19,20)14-4-3-5-22-14/h3-6,8,10,17H,7H2,1-2H3,(H,16,18). The molecule has 122 valence electrons. The molecule has 0 saturated carbocycles. The van der Waals surface area contributed by atoms with Crippen molar-refractivity contribution in [1.82, 2.24) is 0 Å². The first-order valence-electron chi connectivity index (χ1n) is 7.02. The van der Waals surface area contributed by atoms with Gasteiger partial charge in [-0.1, -0.05) is 6.07 Å². The summed E-state index contributed by atoms with van der Waals surface area (Å²) in [5.74, 6) is 0. The SMILES string of the molecule is Cc1cc2c(cc1NS(=O)(=O)c1cccs1)CC(C)OC(=O)N2. The summed E-state index contributed by atoms with van der Waals surface area (Å²) in [4.78, 5) is 11.6. The van der Waals surface area contributed by atoms with Crippen molar-refractivity contribution >= 4 is 38.8 Å². The van der Waals surface area contributed by atoms with Crippen LogP contribution in [0.25, 0.3) is 0 Å². The third-order valence-electron chi connectivity index (χ3n) is 3.51. The number of sulfonamides is 1. The van der Waals surface area contributed by atoms with Crippen molar-refractivity contribution in [3.05, 3.63) is 40.8 Å². The van der Waals surface area contributed by atoms with Crippen LogP contribution in [-0.4, -0.2) is 20.6 Å². The number of fused-ring (bicyclic) bond motifs is 1. The van der Waals surface area contributed by atoms with Crippen LogP contribution in [0.4, 0.5) is 16.2 Å². The highest BCUT2D eigenvalue weighted by molar-refractivity contribution is 7.94. The number of nitrogens with one attached hydrogen (secondary N) is 2. The molecule has 3 rings (SSSR count). The van der Waals surface area contributed by atoms with Gasteiger partial charge >= 0.3 is 6.09 Å². The fraction of sp³-hybridized carbons (Fsp3) is 0.267. The summed E-state index contributed by atoms with van der Waals surface area (Å²) in [5, 5.41) is 4.39. The van der Waals surface area contributed by atoms with Gasteiger partial charge in [-0.15, -0.1) is 11.3 Å². The number of amides is 1. The highest BCUT2D eigenvalue weighted by atomic mass is 32.2. The number of thiophene rings is 1. The highest BCUT2D eigenvalue weighted by Gasteiger charge is 2.22. The minimum absolute atomic E-state index is 0.261. The van der Waals surface area contributed by atoms with E-state index in [4.69, 9.17) is 4.74 Å². The number of rotatable bonds is 3. The Morgan fingerprint density at radius 2 is 2.17 bits per heavy atom. The van der Waals surface area contributed by atoms with Crippen LogP contribution in [0.15, 0.2) is 33.9 Å². The maximum atomic E-state index is 12.4. The molecule has 1 amide bonds. The van der Waals surface area contributed by atoms with E-state index >= 15 is 0 Å². The molecule has 2 heterocycles. The van der Waals surface area contributed by atoms with Gasteiger partial charge in [0.1, 0.15) is 10.3 Å². The number of hydrogen-bond acceptors (Lipinski definition) is 5. The molecule has 2 aromatic rings.